The molecule has 0 unspecified atom stereocenters. The second-order valence-electron chi connectivity index (χ2n) is 3.99. The highest BCUT2D eigenvalue weighted by molar-refractivity contribution is 5.97. The molecule has 0 atom stereocenters. The molecule has 0 aliphatic heterocycles. The Morgan fingerprint density at radius 3 is 2.42 bits per heavy atom. The molecule has 0 aliphatic rings. The predicted octanol–water partition coefficient (Wildman–Crippen LogP) is 1.65. The summed E-state index contributed by atoms with van der Waals surface area (Å²) in [5.74, 6) is 0.152. The molecule has 0 saturated heterocycles. The van der Waals surface area contributed by atoms with Crippen molar-refractivity contribution in [3.8, 4) is 11.5 Å². The Hall–Kier alpha value is -2.53. The number of anilines is 1. The molecule has 5 heteroatoms. The molecule has 0 radical (unpaired) electrons. The van der Waals surface area contributed by atoms with Gasteiger partial charge in [0, 0.05) is 0 Å². The van der Waals surface area contributed by atoms with Crippen molar-refractivity contribution < 1.29 is 14.6 Å². The van der Waals surface area contributed by atoms with E-state index in [9.17, 15) is 4.79 Å². The van der Waals surface area contributed by atoms with E-state index in [2.05, 4.69) is 0 Å². The van der Waals surface area contributed by atoms with Crippen LogP contribution in [0.2, 0.25) is 0 Å². The molecule has 5 N–H and O–H groups in total. The summed E-state index contributed by atoms with van der Waals surface area (Å²) in [5.41, 5.74) is 12.4. The Morgan fingerprint density at radius 2 is 1.84 bits per heavy atom. The first kappa shape index (κ1) is 12.9. The molecule has 2 rings (SSSR count). The van der Waals surface area contributed by atoms with Crippen LogP contribution in [0.3, 0.4) is 0 Å². The first-order chi connectivity index (χ1) is 9.11. The summed E-state index contributed by atoms with van der Waals surface area (Å²) >= 11 is 0. The molecule has 0 aliphatic carbocycles. The highest BCUT2D eigenvalue weighted by Gasteiger charge is 2.13. The third-order valence-corrected chi connectivity index (χ3v) is 2.64. The van der Waals surface area contributed by atoms with Gasteiger partial charge in [-0.25, -0.2) is 0 Å². The van der Waals surface area contributed by atoms with Crippen molar-refractivity contribution in [3.63, 3.8) is 0 Å². The zero-order chi connectivity index (χ0) is 13.8. The summed E-state index contributed by atoms with van der Waals surface area (Å²) in [5, 5.41) is 8.96. The molecule has 0 fully saturated rings. The summed E-state index contributed by atoms with van der Waals surface area (Å²) < 4.78 is 5.59. The first-order valence-electron chi connectivity index (χ1n) is 5.67. The number of hydrogen-bond donors (Lipinski definition) is 3. The highest BCUT2D eigenvalue weighted by Crippen LogP contribution is 2.31. The smallest absolute Gasteiger partial charge is 0.252 e. The molecule has 98 valence electrons. The average molecular weight is 258 g/mol. The van der Waals surface area contributed by atoms with Crippen LogP contribution >= 0.6 is 0 Å². The van der Waals surface area contributed by atoms with Crippen molar-refractivity contribution in [3.05, 3.63) is 53.6 Å². The van der Waals surface area contributed by atoms with Crippen LogP contribution in [0.25, 0.3) is 0 Å². The fourth-order valence-electron chi connectivity index (χ4n) is 1.64. The molecule has 19 heavy (non-hydrogen) atoms. The second kappa shape index (κ2) is 5.41. The molecule has 0 spiro atoms. The summed E-state index contributed by atoms with van der Waals surface area (Å²) in [4.78, 5) is 11.3. The molecule has 0 heterocycles. The molecular formula is C14H14N2O3. The summed E-state index contributed by atoms with van der Waals surface area (Å²) in [6, 6.07) is 11.6. The molecule has 2 aromatic rings. The maximum absolute atomic E-state index is 11.3. The number of hydrogen-bond acceptors (Lipinski definition) is 4. The van der Waals surface area contributed by atoms with Crippen molar-refractivity contribution >= 4 is 11.6 Å². The van der Waals surface area contributed by atoms with Crippen LogP contribution in [0.4, 0.5) is 5.69 Å². The van der Waals surface area contributed by atoms with Gasteiger partial charge in [-0.2, -0.15) is 0 Å². The number of primary amides is 1. The maximum atomic E-state index is 11.3. The predicted molar refractivity (Wildman–Crippen MR) is 71.8 cm³/mol. The first-order valence-corrected chi connectivity index (χ1v) is 5.67. The Labute approximate surface area is 110 Å². The van der Waals surface area contributed by atoms with Crippen LogP contribution in [0.15, 0.2) is 42.5 Å². The highest BCUT2D eigenvalue weighted by atomic mass is 16.5. The molecule has 2 aromatic carbocycles. The topological polar surface area (TPSA) is 98.6 Å². The molecule has 0 saturated carbocycles. The van der Waals surface area contributed by atoms with Gasteiger partial charge >= 0.3 is 0 Å². The number of carbonyl (C=O) groups excluding carboxylic acids is 1. The van der Waals surface area contributed by atoms with E-state index >= 15 is 0 Å². The summed E-state index contributed by atoms with van der Waals surface area (Å²) in [6.45, 7) is -0.0414. The van der Waals surface area contributed by atoms with E-state index in [1.165, 1.54) is 0 Å². The molecule has 5 nitrogen and oxygen atoms in total. The SMILES string of the molecule is NC(=O)c1cccc(N)c1Oc1ccc(CO)cc1. The number of nitrogens with two attached hydrogens (primary N) is 2. The lowest BCUT2D eigenvalue weighted by Gasteiger charge is -2.11. The average Bonchev–Trinajstić information content (AvgIpc) is 2.41. The van der Waals surface area contributed by atoms with Crippen molar-refractivity contribution in [2.45, 2.75) is 6.61 Å². The van der Waals surface area contributed by atoms with Gasteiger partial charge in [-0.15, -0.1) is 0 Å². The fourth-order valence-corrected chi connectivity index (χ4v) is 1.64. The number of aliphatic hydroxyl groups is 1. The zero-order valence-corrected chi connectivity index (χ0v) is 10.2. The van der Waals surface area contributed by atoms with Crippen LogP contribution in [0.5, 0.6) is 11.5 Å². The van der Waals surface area contributed by atoms with Crippen LogP contribution in [-0.4, -0.2) is 11.0 Å². The van der Waals surface area contributed by atoms with Gasteiger partial charge in [-0.3, -0.25) is 4.79 Å². The third-order valence-electron chi connectivity index (χ3n) is 2.64. The number of aliphatic hydroxyl groups excluding tert-OH is 1. The van der Waals surface area contributed by atoms with E-state index in [1.807, 2.05) is 0 Å². The number of amides is 1. The number of carbonyl (C=O) groups is 1. The van der Waals surface area contributed by atoms with Crippen molar-refractivity contribution in [2.24, 2.45) is 5.73 Å². The van der Waals surface area contributed by atoms with Gasteiger partial charge in [0.15, 0.2) is 5.75 Å². The van der Waals surface area contributed by atoms with Crippen molar-refractivity contribution in [1.82, 2.24) is 0 Å². The van der Waals surface area contributed by atoms with Gasteiger partial charge in [-0.05, 0) is 29.8 Å². The van der Waals surface area contributed by atoms with E-state index < -0.39 is 5.91 Å². The number of rotatable bonds is 4. The number of nitrogen functional groups attached to an aromatic ring is 1. The van der Waals surface area contributed by atoms with Gasteiger partial charge < -0.3 is 21.3 Å². The van der Waals surface area contributed by atoms with Crippen LogP contribution in [0.1, 0.15) is 15.9 Å². The quantitative estimate of drug-likeness (QED) is 0.726. The molecule has 1 amide bonds. The lowest BCUT2D eigenvalue weighted by Crippen LogP contribution is -2.13. The van der Waals surface area contributed by atoms with E-state index in [-0.39, 0.29) is 17.9 Å². The lowest BCUT2D eigenvalue weighted by atomic mass is 10.1. The minimum Gasteiger partial charge on any atom is -0.454 e. The van der Waals surface area contributed by atoms with Gasteiger partial charge in [0.2, 0.25) is 0 Å². The number of para-hydroxylation sites is 1. The molecular weight excluding hydrogens is 244 g/mol. The normalized spacial score (nSPS) is 10.2. The zero-order valence-electron chi connectivity index (χ0n) is 10.2. The van der Waals surface area contributed by atoms with Gasteiger partial charge in [0.1, 0.15) is 5.75 Å². The Kier molecular flexibility index (Phi) is 3.68. The minimum atomic E-state index is -0.603. The summed E-state index contributed by atoms with van der Waals surface area (Å²) in [6.07, 6.45) is 0. The van der Waals surface area contributed by atoms with Gasteiger partial charge in [0.25, 0.3) is 5.91 Å². The van der Waals surface area contributed by atoms with Crippen LogP contribution in [0, 0.1) is 0 Å². The Bertz CT molecular complexity index is 594. The van der Waals surface area contributed by atoms with Crippen LogP contribution < -0.4 is 16.2 Å². The van der Waals surface area contributed by atoms with Crippen LogP contribution in [-0.2, 0) is 6.61 Å². The number of ether oxygens (including phenoxy) is 1. The van der Waals surface area contributed by atoms with E-state index in [1.54, 1.807) is 42.5 Å². The summed E-state index contributed by atoms with van der Waals surface area (Å²) in [7, 11) is 0. The Morgan fingerprint density at radius 1 is 1.16 bits per heavy atom. The second-order valence-corrected chi connectivity index (χ2v) is 3.99. The standard InChI is InChI=1S/C14H14N2O3/c15-12-3-1-2-11(14(16)18)13(12)19-10-6-4-9(8-17)5-7-10/h1-7,17H,8,15H2,(H2,16,18). The molecule has 0 aromatic heterocycles. The van der Waals surface area contributed by atoms with Crippen molar-refractivity contribution in [1.29, 1.82) is 0 Å². The van der Waals surface area contributed by atoms with Crippen molar-refractivity contribution in [2.75, 3.05) is 5.73 Å². The maximum Gasteiger partial charge on any atom is 0.252 e. The lowest BCUT2D eigenvalue weighted by molar-refractivity contribution is 0.0998. The van der Waals surface area contributed by atoms with E-state index in [4.69, 9.17) is 21.3 Å². The van der Waals surface area contributed by atoms with Gasteiger partial charge in [-0.1, -0.05) is 18.2 Å². The van der Waals surface area contributed by atoms with E-state index in [0.717, 1.165) is 5.56 Å². The third kappa shape index (κ3) is 2.83. The largest absolute Gasteiger partial charge is 0.454 e. The molecule has 0 bridgehead atoms. The van der Waals surface area contributed by atoms with Gasteiger partial charge in [0.05, 0.1) is 17.9 Å². The minimum absolute atomic E-state index is 0.0414. The Balaban J connectivity index is 2.34. The number of benzene rings is 2. The van der Waals surface area contributed by atoms with E-state index in [0.29, 0.717) is 11.4 Å². The monoisotopic (exact) mass is 258 g/mol. The fraction of sp³-hybridized carbons (Fsp3) is 0.0714.